The van der Waals surface area contributed by atoms with Crippen LogP contribution in [0.5, 0.6) is 0 Å². The minimum atomic E-state index is -0.386. The number of Topliss-reactive ketones (excluding diaryl/α,β-unsaturated/α-hetero) is 1. The van der Waals surface area contributed by atoms with Crippen LogP contribution in [0.3, 0.4) is 0 Å². The highest BCUT2D eigenvalue weighted by molar-refractivity contribution is 7.14. The van der Waals surface area contributed by atoms with E-state index < -0.39 is 0 Å². The molecule has 2 N–H and O–H groups in total. The summed E-state index contributed by atoms with van der Waals surface area (Å²) in [6, 6.07) is 7.33. The fourth-order valence-electron chi connectivity index (χ4n) is 3.07. The first-order valence-electron chi connectivity index (χ1n) is 11.2. The monoisotopic (exact) mass is 484 g/mol. The van der Waals surface area contributed by atoms with Crippen LogP contribution in [-0.4, -0.2) is 41.0 Å². The lowest BCUT2D eigenvalue weighted by Gasteiger charge is -2.08. The van der Waals surface area contributed by atoms with E-state index in [1.807, 2.05) is 23.6 Å². The lowest BCUT2D eigenvalue weighted by Crippen LogP contribution is -2.32. The number of anilines is 1. The Morgan fingerprint density at radius 3 is 2.50 bits per heavy atom. The number of carbonyl (C=O) groups is 3. The molecule has 0 bridgehead atoms. The van der Waals surface area contributed by atoms with E-state index in [1.165, 1.54) is 35.8 Å². The van der Waals surface area contributed by atoms with E-state index in [0.717, 1.165) is 24.0 Å². The summed E-state index contributed by atoms with van der Waals surface area (Å²) in [7, 11) is 1.48. The molecule has 9 heteroatoms. The lowest BCUT2D eigenvalue weighted by molar-refractivity contribution is -0.115. The van der Waals surface area contributed by atoms with Gasteiger partial charge < -0.3 is 15.5 Å². The van der Waals surface area contributed by atoms with Gasteiger partial charge in [0.2, 0.25) is 5.91 Å². The molecule has 2 aromatic heterocycles. The highest BCUT2D eigenvalue weighted by Crippen LogP contribution is 2.27. The van der Waals surface area contributed by atoms with Crippen LogP contribution in [-0.2, 0) is 11.2 Å². The summed E-state index contributed by atoms with van der Waals surface area (Å²) < 4.78 is 1.39. The van der Waals surface area contributed by atoms with Gasteiger partial charge in [-0.3, -0.25) is 14.4 Å². The normalized spacial score (nSPS) is 10.1. The first-order valence-corrected chi connectivity index (χ1v) is 12.1. The fourth-order valence-corrected chi connectivity index (χ4v) is 3.80. The van der Waals surface area contributed by atoms with Crippen LogP contribution in [0.25, 0.3) is 11.3 Å². The number of ketones is 1. The molecule has 2 heterocycles. The van der Waals surface area contributed by atoms with Gasteiger partial charge in [-0.05, 0) is 31.0 Å². The van der Waals surface area contributed by atoms with E-state index >= 15 is 0 Å². The third-order valence-electron chi connectivity index (χ3n) is 4.60. The second-order valence-electron chi connectivity index (χ2n) is 7.60. The van der Waals surface area contributed by atoms with Gasteiger partial charge in [-0.15, -0.1) is 11.3 Å². The summed E-state index contributed by atoms with van der Waals surface area (Å²) in [4.78, 5) is 45.7. The van der Waals surface area contributed by atoms with Crippen molar-refractivity contribution in [3.8, 4) is 11.3 Å². The number of hydrogen-bond acceptors (Lipinski definition) is 6. The number of aryl methyl sites for hydroxylation is 1. The predicted octanol–water partition coefficient (Wildman–Crippen LogP) is 4.61. The first kappa shape index (κ1) is 26.8. The van der Waals surface area contributed by atoms with Gasteiger partial charge >= 0.3 is 0 Å². The van der Waals surface area contributed by atoms with Crippen LogP contribution in [0.2, 0.25) is 0 Å². The van der Waals surface area contributed by atoms with Crippen molar-refractivity contribution >= 4 is 34.1 Å². The highest BCUT2D eigenvalue weighted by Gasteiger charge is 2.14. The second kappa shape index (κ2) is 13.3. The molecule has 3 rings (SSSR count). The summed E-state index contributed by atoms with van der Waals surface area (Å²) >= 11 is 1.28. The van der Waals surface area contributed by atoms with Gasteiger partial charge in [0.25, 0.3) is 5.91 Å². The molecule has 34 heavy (non-hydrogen) atoms. The van der Waals surface area contributed by atoms with Crippen LogP contribution < -0.4 is 15.5 Å². The Balaban J connectivity index is 0.00000129. The van der Waals surface area contributed by atoms with Crippen LogP contribution in [0.4, 0.5) is 5.13 Å². The minimum Gasteiger partial charge on any atom is -0.418 e. The molecule has 0 spiro atoms. The van der Waals surface area contributed by atoms with Crippen molar-refractivity contribution in [1.82, 2.24) is 15.0 Å². The Bertz CT molecular complexity index is 1120. The zero-order valence-corrected chi connectivity index (χ0v) is 21.1. The summed E-state index contributed by atoms with van der Waals surface area (Å²) in [5, 5.41) is 7.47. The summed E-state index contributed by atoms with van der Waals surface area (Å²) in [6.45, 7) is 7.70. The van der Waals surface area contributed by atoms with Crippen molar-refractivity contribution in [3.63, 3.8) is 0 Å². The standard InChI is InChI=1S/C22H24N4O4S.C3H8/c1-4-5-15-6-7-16(10-18(15)14(2)27)19-13-31-22(24-19)25-20(28)11-23-21(29)17-8-9-26(12-17)30-3;1-3-2/h6-10,12-13H,4-5,11H2,1-3H3,(H,23,29)(H,24,25,28);3H2,1-2H3. The molecular formula is C25H32N4O4S. The van der Waals surface area contributed by atoms with Crippen molar-refractivity contribution in [2.75, 3.05) is 19.0 Å². The average Bonchev–Trinajstić information content (AvgIpc) is 3.48. The summed E-state index contributed by atoms with van der Waals surface area (Å²) in [5.41, 5.74) is 3.61. The van der Waals surface area contributed by atoms with E-state index in [0.29, 0.717) is 22.0 Å². The molecular weight excluding hydrogens is 452 g/mol. The Hall–Kier alpha value is -3.46. The van der Waals surface area contributed by atoms with Gasteiger partial charge in [0.05, 0.1) is 24.0 Å². The van der Waals surface area contributed by atoms with Gasteiger partial charge in [-0.2, -0.15) is 4.73 Å². The molecule has 0 fully saturated rings. The Labute approximate surface area is 204 Å². The molecule has 0 unspecified atom stereocenters. The second-order valence-corrected chi connectivity index (χ2v) is 8.45. The summed E-state index contributed by atoms with van der Waals surface area (Å²) in [5.74, 6) is -0.747. The zero-order chi connectivity index (χ0) is 25.1. The van der Waals surface area contributed by atoms with Crippen LogP contribution in [0.15, 0.2) is 42.0 Å². The van der Waals surface area contributed by atoms with Crippen LogP contribution >= 0.6 is 11.3 Å². The largest absolute Gasteiger partial charge is 0.418 e. The van der Waals surface area contributed by atoms with E-state index in [1.54, 1.807) is 19.2 Å². The van der Waals surface area contributed by atoms with Crippen molar-refractivity contribution in [1.29, 1.82) is 0 Å². The molecule has 0 aliphatic rings. The SMILES string of the molecule is CCC.CCCc1ccc(-c2csc(NC(=O)CNC(=O)c3ccn(OC)c3)n2)cc1C(C)=O. The molecule has 0 atom stereocenters. The minimum absolute atomic E-state index is 0.0191. The molecule has 1 aromatic carbocycles. The molecule has 0 aliphatic heterocycles. The Morgan fingerprint density at radius 2 is 1.88 bits per heavy atom. The molecule has 0 aliphatic carbocycles. The van der Waals surface area contributed by atoms with Gasteiger partial charge in [0.15, 0.2) is 10.9 Å². The van der Waals surface area contributed by atoms with E-state index in [-0.39, 0.29) is 24.1 Å². The highest BCUT2D eigenvalue weighted by atomic mass is 32.1. The number of nitrogens with one attached hydrogen (secondary N) is 2. The van der Waals surface area contributed by atoms with Gasteiger partial charge in [0.1, 0.15) is 7.11 Å². The van der Waals surface area contributed by atoms with Crippen molar-refractivity contribution in [2.45, 2.75) is 47.0 Å². The number of aromatic nitrogens is 2. The van der Waals surface area contributed by atoms with Gasteiger partial charge in [0, 0.05) is 22.7 Å². The number of thiazole rings is 1. The van der Waals surface area contributed by atoms with Crippen LogP contribution in [0, 0.1) is 0 Å². The maximum atomic E-state index is 12.2. The topological polar surface area (TPSA) is 102 Å². The smallest absolute Gasteiger partial charge is 0.253 e. The Kier molecular flexibility index (Phi) is 10.5. The number of rotatable bonds is 9. The number of nitrogens with zero attached hydrogens (tertiary/aromatic N) is 2. The van der Waals surface area contributed by atoms with Gasteiger partial charge in [-0.25, -0.2) is 4.98 Å². The first-order chi connectivity index (χ1) is 16.3. The lowest BCUT2D eigenvalue weighted by atomic mass is 9.97. The zero-order valence-electron chi connectivity index (χ0n) is 20.3. The number of benzene rings is 1. The van der Waals surface area contributed by atoms with Gasteiger partial charge in [-0.1, -0.05) is 45.7 Å². The maximum Gasteiger partial charge on any atom is 0.253 e. The predicted molar refractivity (Wildman–Crippen MR) is 135 cm³/mol. The van der Waals surface area contributed by atoms with Crippen molar-refractivity contribution in [3.05, 3.63) is 58.7 Å². The number of amides is 2. The van der Waals surface area contributed by atoms with Crippen molar-refractivity contribution in [2.24, 2.45) is 0 Å². The maximum absolute atomic E-state index is 12.2. The van der Waals surface area contributed by atoms with Crippen molar-refractivity contribution < 1.29 is 19.2 Å². The average molecular weight is 485 g/mol. The quantitative estimate of drug-likeness (QED) is 0.432. The van der Waals surface area contributed by atoms with E-state index in [2.05, 4.69) is 36.4 Å². The molecule has 3 aromatic rings. The fraction of sp³-hybridized carbons (Fsp3) is 0.360. The van der Waals surface area contributed by atoms with E-state index in [4.69, 9.17) is 4.84 Å². The molecule has 0 saturated heterocycles. The molecule has 2 amide bonds. The molecule has 0 saturated carbocycles. The molecule has 0 radical (unpaired) electrons. The third kappa shape index (κ3) is 7.55. The third-order valence-corrected chi connectivity index (χ3v) is 5.36. The van der Waals surface area contributed by atoms with E-state index in [9.17, 15) is 14.4 Å². The number of hydrogen-bond donors (Lipinski definition) is 2. The molecule has 182 valence electrons. The van der Waals surface area contributed by atoms with Crippen LogP contribution in [0.1, 0.15) is 66.8 Å². The summed E-state index contributed by atoms with van der Waals surface area (Å²) in [6.07, 6.45) is 6.16. The Morgan fingerprint density at radius 1 is 1.15 bits per heavy atom. The number of carbonyl (C=O) groups excluding carboxylic acids is 3. The molecule has 8 nitrogen and oxygen atoms in total.